The Balaban J connectivity index is 1.60. The molecular weight excluding hydrogens is 402 g/mol. The van der Waals surface area contributed by atoms with Crippen LogP contribution in [-0.4, -0.2) is 68.5 Å². The second kappa shape index (κ2) is 11.0. The topological polar surface area (TPSA) is 61.9 Å². The summed E-state index contributed by atoms with van der Waals surface area (Å²) in [6, 6.07) is 7.18. The Hall–Kier alpha value is -2.34. The van der Waals surface area contributed by atoms with Gasteiger partial charge in [-0.3, -0.25) is 9.59 Å². The molecule has 6 nitrogen and oxygen atoms in total. The smallest absolute Gasteiger partial charge is 0.251 e. The molecule has 1 N–H and O–H groups in total. The first-order valence-corrected chi connectivity index (χ1v) is 11.8. The Morgan fingerprint density at radius 1 is 1.12 bits per heavy atom. The lowest BCUT2D eigenvalue weighted by Gasteiger charge is -2.38. The molecule has 3 rings (SSSR count). The molecule has 1 fully saturated rings. The van der Waals surface area contributed by atoms with Crippen LogP contribution in [0.2, 0.25) is 0 Å². The number of hydrogen-bond acceptors (Lipinski definition) is 4. The minimum absolute atomic E-state index is 0.0615. The number of benzene rings is 1. The van der Waals surface area contributed by atoms with Gasteiger partial charge in [-0.2, -0.15) is 0 Å². The van der Waals surface area contributed by atoms with Crippen LogP contribution in [0.4, 0.5) is 0 Å². The molecule has 6 heteroatoms. The van der Waals surface area contributed by atoms with E-state index >= 15 is 0 Å². The molecule has 176 valence electrons. The SMILES string of the molecule is COc1ccc(C(=O)NC[C@@H]2C=C(C)[C@H](CC(=O)N3CCN(C)CC3)C[C@H]2C(C)C)cc1. The number of carbonyl (C=O) groups is 2. The number of likely N-dealkylation sites (N-methyl/N-ethyl adjacent to an activating group) is 1. The van der Waals surface area contributed by atoms with Crippen LogP contribution >= 0.6 is 0 Å². The summed E-state index contributed by atoms with van der Waals surface area (Å²) in [5.41, 5.74) is 1.92. The number of carbonyl (C=O) groups excluding carboxylic acids is 2. The van der Waals surface area contributed by atoms with Crippen LogP contribution in [0.5, 0.6) is 5.75 Å². The van der Waals surface area contributed by atoms with Gasteiger partial charge in [0.15, 0.2) is 0 Å². The van der Waals surface area contributed by atoms with Gasteiger partial charge in [0.05, 0.1) is 7.11 Å². The molecule has 3 atom stereocenters. The van der Waals surface area contributed by atoms with Gasteiger partial charge < -0.3 is 19.9 Å². The van der Waals surface area contributed by atoms with Gasteiger partial charge in [0.2, 0.25) is 5.91 Å². The molecule has 0 spiro atoms. The van der Waals surface area contributed by atoms with E-state index in [1.807, 2.05) is 4.90 Å². The van der Waals surface area contributed by atoms with Gasteiger partial charge >= 0.3 is 0 Å². The zero-order valence-electron chi connectivity index (χ0n) is 20.3. The maximum Gasteiger partial charge on any atom is 0.251 e. The summed E-state index contributed by atoms with van der Waals surface area (Å²) in [6.45, 7) is 10.8. The highest BCUT2D eigenvalue weighted by Gasteiger charge is 2.33. The van der Waals surface area contributed by atoms with Crippen molar-refractivity contribution in [2.45, 2.75) is 33.6 Å². The number of hydrogen-bond donors (Lipinski definition) is 1. The molecule has 0 bridgehead atoms. The molecule has 1 aromatic carbocycles. The van der Waals surface area contributed by atoms with E-state index in [1.54, 1.807) is 31.4 Å². The quantitative estimate of drug-likeness (QED) is 0.659. The average Bonchev–Trinajstić information content (AvgIpc) is 2.79. The van der Waals surface area contributed by atoms with E-state index in [-0.39, 0.29) is 17.7 Å². The number of allylic oxidation sites excluding steroid dienone is 1. The molecule has 0 unspecified atom stereocenters. The second-order valence-electron chi connectivity index (χ2n) is 9.74. The monoisotopic (exact) mass is 441 g/mol. The highest BCUT2D eigenvalue weighted by atomic mass is 16.5. The Morgan fingerprint density at radius 2 is 1.78 bits per heavy atom. The molecule has 0 radical (unpaired) electrons. The van der Waals surface area contributed by atoms with Gasteiger partial charge in [0.25, 0.3) is 5.91 Å². The molecular formula is C26H39N3O3. The first-order valence-electron chi connectivity index (χ1n) is 11.8. The third-order valence-electron chi connectivity index (χ3n) is 7.21. The maximum atomic E-state index is 12.9. The lowest BCUT2D eigenvalue weighted by atomic mass is 9.69. The van der Waals surface area contributed by atoms with Crippen molar-refractivity contribution in [3.8, 4) is 5.75 Å². The van der Waals surface area contributed by atoms with Crippen LogP contribution in [0.15, 0.2) is 35.9 Å². The summed E-state index contributed by atoms with van der Waals surface area (Å²) in [6.07, 6.45) is 3.91. The molecule has 1 aliphatic heterocycles. The number of nitrogens with one attached hydrogen (secondary N) is 1. The van der Waals surface area contributed by atoms with Crippen LogP contribution in [0.3, 0.4) is 0 Å². The lowest BCUT2D eigenvalue weighted by Crippen LogP contribution is -2.47. The van der Waals surface area contributed by atoms with Crippen molar-refractivity contribution in [3.63, 3.8) is 0 Å². The molecule has 32 heavy (non-hydrogen) atoms. The maximum absolute atomic E-state index is 12.9. The number of ether oxygens (including phenoxy) is 1. The molecule has 1 heterocycles. The normalized spacial score (nSPS) is 24.2. The van der Waals surface area contributed by atoms with Crippen molar-refractivity contribution in [2.24, 2.45) is 23.7 Å². The van der Waals surface area contributed by atoms with E-state index in [0.717, 1.165) is 38.3 Å². The van der Waals surface area contributed by atoms with Gasteiger partial charge in [-0.05, 0) is 68.3 Å². The summed E-state index contributed by atoms with van der Waals surface area (Å²) in [4.78, 5) is 29.8. The van der Waals surface area contributed by atoms with E-state index in [0.29, 0.717) is 36.3 Å². The van der Waals surface area contributed by atoms with Crippen molar-refractivity contribution in [1.29, 1.82) is 0 Å². The number of nitrogens with zero attached hydrogens (tertiary/aromatic N) is 2. The van der Waals surface area contributed by atoms with Crippen LogP contribution in [0, 0.1) is 23.7 Å². The summed E-state index contributed by atoms with van der Waals surface area (Å²) >= 11 is 0. The lowest BCUT2D eigenvalue weighted by molar-refractivity contribution is -0.133. The van der Waals surface area contributed by atoms with Gasteiger partial charge in [0.1, 0.15) is 5.75 Å². The van der Waals surface area contributed by atoms with E-state index in [2.05, 4.69) is 44.1 Å². The van der Waals surface area contributed by atoms with Crippen LogP contribution < -0.4 is 10.1 Å². The summed E-state index contributed by atoms with van der Waals surface area (Å²) in [7, 11) is 3.72. The second-order valence-corrected chi connectivity index (χ2v) is 9.74. The number of rotatable bonds is 7. The van der Waals surface area contributed by atoms with Gasteiger partial charge in [0, 0.05) is 44.7 Å². The standard InChI is InChI=1S/C26H39N3O3/c1-18(2)24-15-21(16-25(30)29-12-10-28(4)11-13-29)19(3)14-22(24)17-27-26(31)20-6-8-23(32-5)9-7-20/h6-9,14,18,21-22,24H,10-13,15-17H2,1-5H3,(H,27,31)/t21-,22-,24-/m0/s1. The zero-order chi connectivity index (χ0) is 23.3. The Kier molecular flexibility index (Phi) is 8.35. The van der Waals surface area contributed by atoms with Crippen LogP contribution in [0.25, 0.3) is 0 Å². The first kappa shape index (κ1) is 24.3. The predicted octanol–water partition coefficient (Wildman–Crippen LogP) is 3.44. The molecule has 2 amide bonds. The summed E-state index contributed by atoms with van der Waals surface area (Å²) < 4.78 is 5.17. The van der Waals surface area contributed by atoms with Crippen molar-refractivity contribution < 1.29 is 14.3 Å². The number of amides is 2. The van der Waals surface area contributed by atoms with Crippen LogP contribution in [-0.2, 0) is 4.79 Å². The van der Waals surface area contributed by atoms with Gasteiger partial charge in [-0.15, -0.1) is 0 Å². The molecule has 0 saturated carbocycles. The Bertz CT molecular complexity index is 810. The van der Waals surface area contributed by atoms with E-state index in [1.165, 1.54) is 5.57 Å². The summed E-state index contributed by atoms with van der Waals surface area (Å²) in [5, 5.41) is 3.12. The minimum Gasteiger partial charge on any atom is -0.497 e. The average molecular weight is 442 g/mol. The molecule has 1 aromatic rings. The highest BCUT2D eigenvalue weighted by molar-refractivity contribution is 5.94. The fraction of sp³-hybridized carbons (Fsp3) is 0.615. The van der Waals surface area contributed by atoms with E-state index < -0.39 is 0 Å². The Morgan fingerprint density at radius 3 is 2.38 bits per heavy atom. The highest BCUT2D eigenvalue weighted by Crippen LogP contribution is 2.39. The number of methoxy groups -OCH3 is 1. The third kappa shape index (κ3) is 6.12. The molecule has 2 aliphatic rings. The molecule has 1 aliphatic carbocycles. The third-order valence-corrected chi connectivity index (χ3v) is 7.21. The fourth-order valence-electron chi connectivity index (χ4n) is 4.96. The minimum atomic E-state index is -0.0615. The Labute approximate surface area is 193 Å². The summed E-state index contributed by atoms with van der Waals surface area (Å²) in [5.74, 6) is 2.47. The van der Waals surface area contributed by atoms with Gasteiger partial charge in [-0.1, -0.05) is 25.5 Å². The van der Waals surface area contributed by atoms with Crippen LogP contribution in [0.1, 0.15) is 44.0 Å². The predicted molar refractivity (Wildman–Crippen MR) is 128 cm³/mol. The number of piperazine rings is 1. The van der Waals surface area contributed by atoms with Crippen molar-refractivity contribution in [1.82, 2.24) is 15.1 Å². The molecule has 1 saturated heterocycles. The van der Waals surface area contributed by atoms with E-state index in [9.17, 15) is 9.59 Å². The largest absolute Gasteiger partial charge is 0.497 e. The van der Waals surface area contributed by atoms with Crippen molar-refractivity contribution in [2.75, 3.05) is 46.9 Å². The van der Waals surface area contributed by atoms with Crippen molar-refractivity contribution in [3.05, 3.63) is 41.5 Å². The fourth-order valence-corrected chi connectivity index (χ4v) is 4.96. The van der Waals surface area contributed by atoms with E-state index in [4.69, 9.17) is 4.74 Å². The molecule has 0 aromatic heterocycles. The zero-order valence-corrected chi connectivity index (χ0v) is 20.3. The first-order chi connectivity index (χ1) is 15.3. The van der Waals surface area contributed by atoms with Gasteiger partial charge in [-0.25, -0.2) is 0 Å². The van der Waals surface area contributed by atoms with Crippen molar-refractivity contribution >= 4 is 11.8 Å².